The van der Waals surface area contributed by atoms with E-state index in [0.717, 1.165) is 37.8 Å². The largest absolute Gasteiger partial charge is 0.493 e. The standard InChI is InChI=1S/C20H29N5O4/c1-27-16-10-14-15(11-17(16)28-2)24-18(25-20(14)21)12-22-6-4-7-23-19(26)9-13-5-3-8-29-13/h10-11,13,22H,3-9,12H2,1-2H3,(H,23,26)(H2,21,24,25). The van der Waals surface area contributed by atoms with E-state index in [1.165, 1.54) is 0 Å². The number of carbonyl (C=O) groups excluding carboxylic acids is 1. The van der Waals surface area contributed by atoms with Crippen LogP contribution in [0.5, 0.6) is 11.5 Å². The first-order chi connectivity index (χ1) is 14.1. The SMILES string of the molecule is COc1cc2nc(CNCCCNC(=O)CC3CCCO3)nc(N)c2cc1OC. The van der Waals surface area contributed by atoms with E-state index in [-0.39, 0.29) is 12.0 Å². The first kappa shape index (κ1) is 21.1. The number of methoxy groups -OCH3 is 2. The Labute approximate surface area is 170 Å². The molecule has 9 nitrogen and oxygen atoms in total. The molecule has 1 aromatic carbocycles. The van der Waals surface area contributed by atoms with Gasteiger partial charge in [0.15, 0.2) is 11.5 Å². The molecule has 1 fully saturated rings. The molecule has 1 aromatic heterocycles. The quantitative estimate of drug-likeness (QED) is 0.509. The van der Waals surface area contributed by atoms with Crippen molar-refractivity contribution < 1.29 is 19.0 Å². The molecule has 0 bridgehead atoms. The summed E-state index contributed by atoms with van der Waals surface area (Å²) >= 11 is 0. The molecular weight excluding hydrogens is 374 g/mol. The van der Waals surface area contributed by atoms with E-state index >= 15 is 0 Å². The molecule has 158 valence electrons. The maximum atomic E-state index is 11.8. The van der Waals surface area contributed by atoms with Crippen LogP contribution in [0.2, 0.25) is 0 Å². The molecule has 0 saturated carbocycles. The predicted octanol–water partition coefficient (Wildman–Crippen LogP) is 1.39. The van der Waals surface area contributed by atoms with Crippen molar-refractivity contribution in [1.29, 1.82) is 0 Å². The summed E-state index contributed by atoms with van der Waals surface area (Å²) in [5, 5.41) is 6.93. The lowest BCUT2D eigenvalue weighted by Gasteiger charge is -2.11. The van der Waals surface area contributed by atoms with Crippen molar-refractivity contribution in [2.45, 2.75) is 38.3 Å². The second-order valence-corrected chi connectivity index (χ2v) is 6.97. The Kier molecular flexibility index (Phi) is 7.42. The summed E-state index contributed by atoms with van der Waals surface area (Å²) in [7, 11) is 3.15. The molecule has 1 aliphatic heterocycles. The van der Waals surface area contributed by atoms with Crippen molar-refractivity contribution >= 4 is 22.6 Å². The van der Waals surface area contributed by atoms with Gasteiger partial charge in [-0.1, -0.05) is 0 Å². The molecule has 1 saturated heterocycles. The number of hydrogen-bond donors (Lipinski definition) is 3. The topological polar surface area (TPSA) is 121 Å². The van der Waals surface area contributed by atoms with Gasteiger partial charge in [0, 0.05) is 24.6 Å². The number of ether oxygens (including phenoxy) is 3. The second kappa shape index (κ2) is 10.2. The van der Waals surface area contributed by atoms with Gasteiger partial charge in [0.1, 0.15) is 11.6 Å². The lowest BCUT2D eigenvalue weighted by atomic mass is 10.2. The Morgan fingerprint density at radius 3 is 2.76 bits per heavy atom. The average Bonchev–Trinajstić information content (AvgIpc) is 3.22. The highest BCUT2D eigenvalue weighted by atomic mass is 16.5. The van der Waals surface area contributed by atoms with E-state index in [9.17, 15) is 4.79 Å². The molecule has 29 heavy (non-hydrogen) atoms. The van der Waals surface area contributed by atoms with Crippen LogP contribution in [0.25, 0.3) is 10.9 Å². The van der Waals surface area contributed by atoms with Crippen LogP contribution in [0.15, 0.2) is 12.1 Å². The fraction of sp³-hybridized carbons (Fsp3) is 0.550. The number of nitrogens with two attached hydrogens (primary N) is 1. The molecule has 1 aliphatic rings. The van der Waals surface area contributed by atoms with Crippen LogP contribution in [0.4, 0.5) is 5.82 Å². The third kappa shape index (κ3) is 5.68. The molecular formula is C20H29N5O4. The van der Waals surface area contributed by atoms with E-state index in [4.69, 9.17) is 19.9 Å². The number of nitrogens with one attached hydrogen (secondary N) is 2. The van der Waals surface area contributed by atoms with Crippen molar-refractivity contribution in [1.82, 2.24) is 20.6 Å². The van der Waals surface area contributed by atoms with Gasteiger partial charge in [0.2, 0.25) is 5.91 Å². The normalized spacial score (nSPS) is 16.1. The number of hydrogen-bond acceptors (Lipinski definition) is 8. The predicted molar refractivity (Wildman–Crippen MR) is 110 cm³/mol. The molecule has 1 amide bonds. The zero-order valence-corrected chi connectivity index (χ0v) is 17.0. The Hall–Kier alpha value is -2.65. The van der Waals surface area contributed by atoms with E-state index in [2.05, 4.69) is 20.6 Å². The summed E-state index contributed by atoms with van der Waals surface area (Å²) in [6.45, 7) is 2.60. The number of amides is 1. The number of anilines is 1. The summed E-state index contributed by atoms with van der Waals surface area (Å²) in [5.41, 5.74) is 6.79. The molecule has 1 unspecified atom stereocenters. The number of fused-ring (bicyclic) bond motifs is 1. The van der Waals surface area contributed by atoms with Gasteiger partial charge >= 0.3 is 0 Å². The highest BCUT2D eigenvalue weighted by Gasteiger charge is 2.18. The highest BCUT2D eigenvalue weighted by molar-refractivity contribution is 5.90. The number of nitrogens with zero attached hydrogens (tertiary/aromatic N) is 2. The van der Waals surface area contributed by atoms with Crippen molar-refractivity contribution in [2.24, 2.45) is 0 Å². The smallest absolute Gasteiger partial charge is 0.222 e. The van der Waals surface area contributed by atoms with Gasteiger partial charge in [-0.2, -0.15) is 0 Å². The fourth-order valence-electron chi connectivity index (χ4n) is 3.33. The Balaban J connectivity index is 1.45. The van der Waals surface area contributed by atoms with Gasteiger partial charge in [0.25, 0.3) is 0 Å². The Bertz CT molecular complexity index is 839. The van der Waals surface area contributed by atoms with Crippen molar-refractivity contribution in [3.63, 3.8) is 0 Å². The van der Waals surface area contributed by atoms with Crippen LogP contribution in [0.1, 0.15) is 31.5 Å². The summed E-state index contributed by atoms with van der Waals surface area (Å²) < 4.78 is 16.1. The maximum absolute atomic E-state index is 11.8. The molecule has 1 atom stereocenters. The lowest BCUT2D eigenvalue weighted by Crippen LogP contribution is -2.30. The van der Waals surface area contributed by atoms with Crippen LogP contribution < -0.4 is 25.8 Å². The average molecular weight is 403 g/mol. The van der Waals surface area contributed by atoms with E-state index in [1.54, 1.807) is 26.4 Å². The van der Waals surface area contributed by atoms with Crippen molar-refractivity contribution in [3.8, 4) is 11.5 Å². The van der Waals surface area contributed by atoms with Gasteiger partial charge in [-0.3, -0.25) is 4.79 Å². The van der Waals surface area contributed by atoms with Gasteiger partial charge in [-0.05, 0) is 31.9 Å². The monoisotopic (exact) mass is 403 g/mol. The second-order valence-electron chi connectivity index (χ2n) is 6.97. The minimum atomic E-state index is 0.0481. The third-order valence-corrected chi connectivity index (χ3v) is 4.85. The molecule has 4 N–H and O–H groups in total. The number of nitrogen functional groups attached to an aromatic ring is 1. The first-order valence-corrected chi connectivity index (χ1v) is 9.88. The zero-order chi connectivity index (χ0) is 20.6. The van der Waals surface area contributed by atoms with Crippen LogP contribution in [-0.2, 0) is 16.1 Å². The summed E-state index contributed by atoms with van der Waals surface area (Å²) in [6.07, 6.45) is 3.37. The Morgan fingerprint density at radius 2 is 2.03 bits per heavy atom. The Morgan fingerprint density at radius 1 is 1.24 bits per heavy atom. The van der Waals surface area contributed by atoms with Crippen LogP contribution in [-0.4, -0.2) is 55.9 Å². The molecule has 0 spiro atoms. The minimum Gasteiger partial charge on any atom is -0.493 e. The summed E-state index contributed by atoms with van der Waals surface area (Å²) in [4.78, 5) is 20.8. The number of carbonyl (C=O) groups is 1. The molecule has 2 aromatic rings. The van der Waals surface area contributed by atoms with Gasteiger partial charge in [-0.25, -0.2) is 9.97 Å². The number of rotatable bonds is 10. The summed E-state index contributed by atoms with van der Waals surface area (Å²) in [6, 6.07) is 3.57. The molecule has 0 aliphatic carbocycles. The third-order valence-electron chi connectivity index (χ3n) is 4.85. The minimum absolute atomic E-state index is 0.0481. The molecule has 9 heteroatoms. The van der Waals surface area contributed by atoms with E-state index < -0.39 is 0 Å². The summed E-state index contributed by atoms with van der Waals surface area (Å²) in [5.74, 6) is 2.23. The fourth-order valence-corrected chi connectivity index (χ4v) is 3.33. The molecule has 0 radical (unpaired) electrons. The zero-order valence-electron chi connectivity index (χ0n) is 17.0. The van der Waals surface area contributed by atoms with Crippen LogP contribution in [0, 0.1) is 0 Å². The van der Waals surface area contributed by atoms with E-state index in [1.807, 2.05) is 0 Å². The van der Waals surface area contributed by atoms with Crippen molar-refractivity contribution in [2.75, 3.05) is 39.6 Å². The number of aromatic nitrogens is 2. The molecule has 2 heterocycles. The van der Waals surface area contributed by atoms with Gasteiger partial charge in [0.05, 0.1) is 38.8 Å². The molecule has 3 rings (SSSR count). The number of benzene rings is 1. The van der Waals surface area contributed by atoms with E-state index in [0.29, 0.717) is 48.2 Å². The van der Waals surface area contributed by atoms with Crippen molar-refractivity contribution in [3.05, 3.63) is 18.0 Å². The van der Waals surface area contributed by atoms with Gasteiger partial charge in [-0.15, -0.1) is 0 Å². The maximum Gasteiger partial charge on any atom is 0.222 e. The lowest BCUT2D eigenvalue weighted by molar-refractivity contribution is -0.123. The highest BCUT2D eigenvalue weighted by Crippen LogP contribution is 2.33. The van der Waals surface area contributed by atoms with Gasteiger partial charge < -0.3 is 30.6 Å². The van der Waals surface area contributed by atoms with Crippen LogP contribution >= 0.6 is 0 Å². The van der Waals surface area contributed by atoms with Crippen LogP contribution in [0.3, 0.4) is 0 Å². The first-order valence-electron chi connectivity index (χ1n) is 9.88.